The molecule has 15 heavy (non-hydrogen) atoms. The molecule has 1 aliphatic carbocycles. The van der Waals surface area contributed by atoms with Gasteiger partial charge in [-0.25, -0.2) is 0 Å². The molecule has 86 valence electrons. The predicted molar refractivity (Wildman–Crippen MR) is 67.9 cm³/mol. The number of hydrogen-bond acceptors (Lipinski definition) is 2. The first-order chi connectivity index (χ1) is 7.05. The van der Waals surface area contributed by atoms with Crippen LogP contribution in [-0.2, 0) is 0 Å². The third-order valence-electron chi connectivity index (χ3n) is 4.03. The first kappa shape index (κ1) is 12.9. The van der Waals surface area contributed by atoms with Crippen molar-refractivity contribution in [3.63, 3.8) is 0 Å². The largest absolute Gasteiger partial charge is 0.197 e. The summed E-state index contributed by atoms with van der Waals surface area (Å²) in [5.74, 6) is 0. The minimum Gasteiger partial charge on any atom is -0.197 e. The highest BCUT2D eigenvalue weighted by Gasteiger charge is 2.53. The molecule has 1 nitrogen and oxygen atoms in total. The van der Waals surface area contributed by atoms with Gasteiger partial charge in [0.2, 0.25) is 0 Å². The van der Waals surface area contributed by atoms with Crippen molar-refractivity contribution in [3.05, 3.63) is 0 Å². The SMILES string of the molecule is CCC(C)SC1(C#N)CC(CC)(CC)C1. The molecule has 0 saturated heterocycles. The van der Waals surface area contributed by atoms with Crippen molar-refractivity contribution in [2.24, 2.45) is 5.41 Å². The lowest BCUT2D eigenvalue weighted by atomic mass is 9.59. The lowest BCUT2D eigenvalue weighted by molar-refractivity contribution is 0.0981. The zero-order valence-electron chi connectivity index (χ0n) is 10.5. The van der Waals surface area contributed by atoms with Crippen LogP contribution in [0.15, 0.2) is 0 Å². The second-order valence-corrected chi connectivity index (χ2v) is 6.83. The summed E-state index contributed by atoms with van der Waals surface area (Å²) in [7, 11) is 0. The second-order valence-electron chi connectivity index (χ2n) is 5.00. The smallest absolute Gasteiger partial charge is 0.104 e. The number of thioether (sulfide) groups is 1. The third-order valence-corrected chi connectivity index (χ3v) is 5.59. The molecular weight excluding hydrogens is 202 g/mol. The highest BCUT2D eigenvalue weighted by atomic mass is 32.2. The summed E-state index contributed by atoms with van der Waals surface area (Å²) >= 11 is 1.91. The predicted octanol–water partition coefficient (Wildman–Crippen LogP) is 4.38. The average molecular weight is 225 g/mol. The molecule has 1 rings (SSSR count). The molecule has 0 aromatic heterocycles. The Labute approximate surface area is 98.6 Å². The Kier molecular flexibility index (Phi) is 4.12. The molecule has 0 bridgehead atoms. The normalized spacial score (nSPS) is 23.9. The summed E-state index contributed by atoms with van der Waals surface area (Å²) in [5.41, 5.74) is 0.482. The Hall–Kier alpha value is -0.160. The Balaban J connectivity index is 2.59. The minimum atomic E-state index is -0.0541. The summed E-state index contributed by atoms with van der Waals surface area (Å²) in [4.78, 5) is 0. The summed E-state index contributed by atoms with van der Waals surface area (Å²) < 4.78 is -0.0541. The van der Waals surface area contributed by atoms with Crippen molar-refractivity contribution in [2.45, 2.75) is 69.8 Å². The van der Waals surface area contributed by atoms with Gasteiger partial charge in [0.15, 0.2) is 0 Å². The molecule has 0 spiro atoms. The van der Waals surface area contributed by atoms with Gasteiger partial charge in [0.05, 0.1) is 6.07 Å². The second kappa shape index (κ2) is 4.78. The van der Waals surface area contributed by atoms with E-state index in [2.05, 4.69) is 33.8 Å². The van der Waals surface area contributed by atoms with E-state index in [0.29, 0.717) is 10.7 Å². The number of nitriles is 1. The topological polar surface area (TPSA) is 23.8 Å². The fourth-order valence-corrected chi connectivity index (χ4v) is 4.34. The van der Waals surface area contributed by atoms with Gasteiger partial charge in [0.1, 0.15) is 4.75 Å². The van der Waals surface area contributed by atoms with E-state index < -0.39 is 0 Å². The van der Waals surface area contributed by atoms with Crippen molar-refractivity contribution in [2.75, 3.05) is 0 Å². The van der Waals surface area contributed by atoms with Crippen LogP contribution in [0.5, 0.6) is 0 Å². The van der Waals surface area contributed by atoms with Crippen molar-refractivity contribution in [1.29, 1.82) is 5.26 Å². The van der Waals surface area contributed by atoms with Crippen LogP contribution in [0, 0.1) is 16.7 Å². The Morgan fingerprint density at radius 3 is 2.13 bits per heavy atom. The van der Waals surface area contributed by atoms with Gasteiger partial charge < -0.3 is 0 Å². The molecule has 0 amide bonds. The maximum Gasteiger partial charge on any atom is 0.104 e. The zero-order valence-corrected chi connectivity index (χ0v) is 11.3. The van der Waals surface area contributed by atoms with E-state index in [0.717, 1.165) is 12.8 Å². The van der Waals surface area contributed by atoms with Crippen molar-refractivity contribution < 1.29 is 0 Å². The fraction of sp³-hybridized carbons (Fsp3) is 0.923. The quantitative estimate of drug-likeness (QED) is 0.693. The first-order valence-electron chi connectivity index (χ1n) is 6.14. The summed E-state index contributed by atoms with van der Waals surface area (Å²) in [6.07, 6.45) is 5.85. The number of hydrogen-bond donors (Lipinski definition) is 0. The zero-order chi connectivity index (χ0) is 11.5. The van der Waals surface area contributed by atoms with E-state index in [1.165, 1.54) is 19.3 Å². The van der Waals surface area contributed by atoms with E-state index in [4.69, 9.17) is 0 Å². The molecule has 1 fully saturated rings. The van der Waals surface area contributed by atoms with Gasteiger partial charge in [-0.05, 0) is 24.7 Å². The molecular formula is C13H23NS. The van der Waals surface area contributed by atoms with E-state index in [1.807, 2.05) is 11.8 Å². The van der Waals surface area contributed by atoms with Crippen molar-refractivity contribution in [1.82, 2.24) is 0 Å². The number of rotatable bonds is 5. The molecule has 0 aromatic rings. The lowest BCUT2D eigenvalue weighted by Gasteiger charge is -2.52. The minimum absolute atomic E-state index is 0.0541. The van der Waals surface area contributed by atoms with Crippen LogP contribution in [0.3, 0.4) is 0 Å². The van der Waals surface area contributed by atoms with Crippen LogP contribution in [0.25, 0.3) is 0 Å². The molecule has 0 N–H and O–H groups in total. The van der Waals surface area contributed by atoms with Gasteiger partial charge in [0.25, 0.3) is 0 Å². The molecule has 2 heteroatoms. The Bertz CT molecular complexity index is 242. The number of nitrogens with zero attached hydrogens (tertiary/aromatic N) is 1. The molecule has 1 aliphatic rings. The average Bonchev–Trinajstić information content (AvgIpc) is 2.22. The Morgan fingerprint density at radius 1 is 1.27 bits per heavy atom. The molecule has 0 aliphatic heterocycles. The highest BCUT2D eigenvalue weighted by Crippen LogP contribution is 2.59. The Morgan fingerprint density at radius 2 is 1.80 bits per heavy atom. The van der Waals surface area contributed by atoms with Gasteiger partial charge in [-0.3, -0.25) is 0 Å². The van der Waals surface area contributed by atoms with E-state index >= 15 is 0 Å². The van der Waals surface area contributed by atoms with Gasteiger partial charge in [-0.1, -0.05) is 40.5 Å². The molecule has 0 radical (unpaired) electrons. The molecule has 0 heterocycles. The standard InChI is InChI=1S/C13H23NS/c1-5-11(4)15-13(10-14)8-12(6-2,7-3)9-13/h11H,5-9H2,1-4H3. The van der Waals surface area contributed by atoms with Crippen molar-refractivity contribution in [3.8, 4) is 6.07 Å². The first-order valence-corrected chi connectivity index (χ1v) is 7.02. The maximum atomic E-state index is 9.33. The van der Waals surface area contributed by atoms with Gasteiger partial charge in [0, 0.05) is 5.25 Å². The van der Waals surface area contributed by atoms with Crippen molar-refractivity contribution >= 4 is 11.8 Å². The molecule has 1 saturated carbocycles. The van der Waals surface area contributed by atoms with E-state index in [-0.39, 0.29) is 4.75 Å². The van der Waals surface area contributed by atoms with Crippen LogP contribution in [0.2, 0.25) is 0 Å². The van der Waals surface area contributed by atoms with E-state index in [9.17, 15) is 5.26 Å². The summed E-state index contributed by atoms with van der Waals surface area (Å²) in [6.45, 7) is 8.97. The van der Waals surface area contributed by atoms with Gasteiger partial charge >= 0.3 is 0 Å². The maximum absolute atomic E-state index is 9.33. The van der Waals surface area contributed by atoms with Gasteiger partial charge in [-0.15, -0.1) is 11.8 Å². The van der Waals surface area contributed by atoms with Crippen LogP contribution < -0.4 is 0 Å². The van der Waals surface area contributed by atoms with Crippen LogP contribution in [-0.4, -0.2) is 10.00 Å². The van der Waals surface area contributed by atoms with E-state index in [1.54, 1.807) is 0 Å². The van der Waals surface area contributed by atoms with Gasteiger partial charge in [-0.2, -0.15) is 5.26 Å². The summed E-state index contributed by atoms with van der Waals surface area (Å²) in [6, 6.07) is 2.57. The molecule has 1 atom stereocenters. The third kappa shape index (κ3) is 2.50. The summed E-state index contributed by atoms with van der Waals surface area (Å²) in [5, 5.41) is 9.96. The van der Waals surface area contributed by atoms with Crippen LogP contribution in [0.1, 0.15) is 59.8 Å². The highest BCUT2D eigenvalue weighted by molar-refractivity contribution is 8.01. The molecule has 0 aromatic carbocycles. The monoisotopic (exact) mass is 225 g/mol. The van der Waals surface area contributed by atoms with Crippen LogP contribution in [0.4, 0.5) is 0 Å². The van der Waals surface area contributed by atoms with Crippen LogP contribution >= 0.6 is 11.8 Å². The fourth-order valence-electron chi connectivity index (χ4n) is 2.57. The lowest BCUT2D eigenvalue weighted by Crippen LogP contribution is -2.49. The molecule has 1 unspecified atom stereocenters.